The molecule has 0 saturated carbocycles. The molecular formula is C15H21NO3. The van der Waals surface area contributed by atoms with Gasteiger partial charge in [0.1, 0.15) is 6.61 Å². The molecule has 0 aliphatic carbocycles. The number of carbonyl (C=O) groups is 1. The van der Waals surface area contributed by atoms with Gasteiger partial charge in [-0.25, -0.2) is 4.79 Å². The Balaban J connectivity index is 1.56. The summed E-state index contributed by atoms with van der Waals surface area (Å²) in [4.78, 5) is 11.5. The SMILES string of the molecule is Cc1ccc(CNCCOC(=O)C2CCCO2)cc1. The number of nitrogens with one attached hydrogen (secondary N) is 1. The first-order valence-electron chi connectivity index (χ1n) is 6.80. The molecule has 0 aromatic heterocycles. The van der Waals surface area contributed by atoms with E-state index in [-0.39, 0.29) is 12.1 Å². The number of hydrogen-bond acceptors (Lipinski definition) is 4. The highest BCUT2D eigenvalue weighted by atomic mass is 16.6. The van der Waals surface area contributed by atoms with Gasteiger partial charge in [0.05, 0.1) is 0 Å². The quantitative estimate of drug-likeness (QED) is 0.628. The number of aryl methyl sites for hydroxylation is 1. The minimum Gasteiger partial charge on any atom is -0.462 e. The average Bonchev–Trinajstić information content (AvgIpc) is 2.94. The van der Waals surface area contributed by atoms with E-state index in [1.165, 1.54) is 11.1 Å². The summed E-state index contributed by atoms with van der Waals surface area (Å²) in [6, 6.07) is 8.38. The summed E-state index contributed by atoms with van der Waals surface area (Å²) in [6.07, 6.45) is 1.40. The van der Waals surface area contributed by atoms with Gasteiger partial charge >= 0.3 is 5.97 Å². The predicted molar refractivity (Wildman–Crippen MR) is 72.8 cm³/mol. The number of ether oxygens (including phenoxy) is 2. The highest BCUT2D eigenvalue weighted by Crippen LogP contribution is 2.12. The molecule has 4 heteroatoms. The highest BCUT2D eigenvalue weighted by molar-refractivity contribution is 5.74. The smallest absolute Gasteiger partial charge is 0.335 e. The molecule has 1 N–H and O–H groups in total. The van der Waals surface area contributed by atoms with Crippen molar-refractivity contribution in [3.8, 4) is 0 Å². The van der Waals surface area contributed by atoms with Crippen LogP contribution in [0.4, 0.5) is 0 Å². The summed E-state index contributed by atoms with van der Waals surface area (Å²) in [5.74, 6) is -0.227. The number of esters is 1. The zero-order valence-corrected chi connectivity index (χ0v) is 11.4. The molecule has 0 spiro atoms. The van der Waals surface area contributed by atoms with Crippen molar-refractivity contribution < 1.29 is 14.3 Å². The summed E-state index contributed by atoms with van der Waals surface area (Å²) < 4.78 is 10.4. The molecule has 0 amide bonds. The van der Waals surface area contributed by atoms with E-state index < -0.39 is 0 Å². The normalized spacial score (nSPS) is 18.5. The maximum Gasteiger partial charge on any atom is 0.335 e. The maximum atomic E-state index is 11.5. The van der Waals surface area contributed by atoms with Gasteiger partial charge in [0.25, 0.3) is 0 Å². The molecular weight excluding hydrogens is 242 g/mol. The fourth-order valence-corrected chi connectivity index (χ4v) is 2.02. The van der Waals surface area contributed by atoms with Crippen molar-refractivity contribution in [3.05, 3.63) is 35.4 Å². The van der Waals surface area contributed by atoms with Crippen LogP contribution in [0, 0.1) is 6.92 Å². The van der Waals surface area contributed by atoms with Gasteiger partial charge in [-0.05, 0) is 25.3 Å². The number of carbonyl (C=O) groups excluding carboxylic acids is 1. The van der Waals surface area contributed by atoms with Crippen LogP contribution >= 0.6 is 0 Å². The highest BCUT2D eigenvalue weighted by Gasteiger charge is 2.24. The van der Waals surface area contributed by atoms with Crippen molar-refractivity contribution in [2.75, 3.05) is 19.8 Å². The lowest BCUT2D eigenvalue weighted by molar-refractivity contribution is -0.154. The molecule has 1 aliphatic rings. The first-order chi connectivity index (χ1) is 9.25. The summed E-state index contributed by atoms with van der Waals surface area (Å²) in [6.45, 7) is 4.59. The third-order valence-electron chi connectivity index (χ3n) is 3.17. The number of benzene rings is 1. The van der Waals surface area contributed by atoms with Crippen LogP contribution in [0.5, 0.6) is 0 Å². The summed E-state index contributed by atoms with van der Waals surface area (Å²) in [5.41, 5.74) is 2.49. The predicted octanol–water partition coefficient (Wildman–Crippen LogP) is 1.81. The molecule has 104 valence electrons. The van der Waals surface area contributed by atoms with E-state index in [2.05, 4.69) is 36.5 Å². The van der Waals surface area contributed by atoms with E-state index >= 15 is 0 Å². The van der Waals surface area contributed by atoms with Crippen LogP contribution in [-0.2, 0) is 20.8 Å². The minimum atomic E-state index is -0.336. The first kappa shape index (κ1) is 14.0. The van der Waals surface area contributed by atoms with Crippen molar-refractivity contribution in [2.45, 2.75) is 32.4 Å². The molecule has 2 rings (SSSR count). The van der Waals surface area contributed by atoms with Crippen molar-refractivity contribution in [1.29, 1.82) is 0 Å². The Bertz CT molecular complexity index is 396. The third-order valence-corrected chi connectivity index (χ3v) is 3.17. The average molecular weight is 263 g/mol. The third kappa shape index (κ3) is 4.65. The van der Waals surface area contributed by atoms with Gasteiger partial charge in [-0.3, -0.25) is 0 Å². The van der Waals surface area contributed by atoms with Crippen molar-refractivity contribution >= 4 is 5.97 Å². The van der Waals surface area contributed by atoms with Crippen LogP contribution in [0.2, 0.25) is 0 Å². The van der Waals surface area contributed by atoms with Gasteiger partial charge < -0.3 is 14.8 Å². The largest absolute Gasteiger partial charge is 0.462 e. The zero-order chi connectivity index (χ0) is 13.5. The minimum absolute atomic E-state index is 0.227. The number of hydrogen-bond donors (Lipinski definition) is 1. The van der Waals surface area contributed by atoms with E-state index in [1.807, 2.05) is 0 Å². The maximum absolute atomic E-state index is 11.5. The van der Waals surface area contributed by atoms with Crippen molar-refractivity contribution in [2.24, 2.45) is 0 Å². The molecule has 1 unspecified atom stereocenters. The summed E-state index contributed by atoms with van der Waals surface area (Å²) >= 11 is 0. The summed E-state index contributed by atoms with van der Waals surface area (Å²) in [7, 11) is 0. The molecule has 0 bridgehead atoms. The van der Waals surface area contributed by atoms with E-state index in [1.54, 1.807) is 0 Å². The van der Waals surface area contributed by atoms with Gasteiger partial charge in [-0.2, -0.15) is 0 Å². The van der Waals surface area contributed by atoms with Gasteiger partial charge in [0.2, 0.25) is 0 Å². The Morgan fingerprint density at radius 2 is 2.21 bits per heavy atom. The van der Waals surface area contributed by atoms with Crippen LogP contribution in [-0.4, -0.2) is 31.8 Å². The molecule has 1 fully saturated rings. The number of rotatable bonds is 6. The van der Waals surface area contributed by atoms with E-state index in [4.69, 9.17) is 9.47 Å². The molecule has 0 radical (unpaired) electrons. The Hall–Kier alpha value is -1.39. The molecule has 1 aliphatic heterocycles. The van der Waals surface area contributed by atoms with Crippen molar-refractivity contribution in [1.82, 2.24) is 5.32 Å². The fraction of sp³-hybridized carbons (Fsp3) is 0.533. The first-order valence-corrected chi connectivity index (χ1v) is 6.80. The van der Waals surface area contributed by atoms with Crippen LogP contribution < -0.4 is 5.32 Å². The van der Waals surface area contributed by atoms with Crippen LogP contribution in [0.3, 0.4) is 0 Å². The molecule has 1 saturated heterocycles. The van der Waals surface area contributed by atoms with Crippen LogP contribution in [0.1, 0.15) is 24.0 Å². The molecule has 1 heterocycles. The van der Waals surface area contributed by atoms with Gasteiger partial charge in [0.15, 0.2) is 6.10 Å². The molecule has 1 aromatic carbocycles. The standard InChI is InChI=1S/C15H21NO3/c1-12-4-6-13(7-5-12)11-16-8-10-19-15(17)14-3-2-9-18-14/h4-7,14,16H,2-3,8-11H2,1H3. The lowest BCUT2D eigenvalue weighted by atomic mass is 10.1. The second-order valence-corrected chi connectivity index (χ2v) is 4.83. The molecule has 4 nitrogen and oxygen atoms in total. The Kier molecular flexibility index (Phi) is 5.36. The lowest BCUT2D eigenvalue weighted by Gasteiger charge is -2.10. The zero-order valence-electron chi connectivity index (χ0n) is 11.4. The van der Waals surface area contributed by atoms with E-state index in [9.17, 15) is 4.79 Å². The fourth-order valence-electron chi connectivity index (χ4n) is 2.02. The van der Waals surface area contributed by atoms with Gasteiger partial charge in [-0.1, -0.05) is 29.8 Å². The second-order valence-electron chi connectivity index (χ2n) is 4.83. The molecule has 19 heavy (non-hydrogen) atoms. The topological polar surface area (TPSA) is 47.6 Å². The van der Waals surface area contributed by atoms with Gasteiger partial charge in [0, 0.05) is 19.7 Å². The van der Waals surface area contributed by atoms with Gasteiger partial charge in [-0.15, -0.1) is 0 Å². The Morgan fingerprint density at radius 3 is 2.89 bits per heavy atom. The molecule has 1 aromatic rings. The summed E-state index contributed by atoms with van der Waals surface area (Å²) in [5, 5.41) is 3.25. The Morgan fingerprint density at radius 1 is 1.42 bits per heavy atom. The monoisotopic (exact) mass is 263 g/mol. The van der Waals surface area contributed by atoms with E-state index in [0.717, 1.165) is 19.4 Å². The second kappa shape index (κ2) is 7.26. The Labute approximate surface area is 114 Å². The van der Waals surface area contributed by atoms with Crippen molar-refractivity contribution in [3.63, 3.8) is 0 Å². The molecule has 1 atom stereocenters. The van der Waals surface area contributed by atoms with Crippen LogP contribution in [0.15, 0.2) is 24.3 Å². The van der Waals surface area contributed by atoms with Crippen LogP contribution in [0.25, 0.3) is 0 Å². The van der Waals surface area contributed by atoms with E-state index in [0.29, 0.717) is 19.8 Å². The lowest BCUT2D eigenvalue weighted by Crippen LogP contribution is -2.26.